The predicted molar refractivity (Wildman–Crippen MR) is 76.1 cm³/mol. The summed E-state index contributed by atoms with van der Waals surface area (Å²) in [6.45, 7) is 7.03. The zero-order valence-corrected chi connectivity index (χ0v) is 11.6. The third kappa shape index (κ3) is 3.82. The summed E-state index contributed by atoms with van der Waals surface area (Å²) in [6.07, 6.45) is 3.70. The van der Waals surface area contributed by atoms with E-state index in [4.69, 9.17) is 4.74 Å². The number of hydrogen-bond donors (Lipinski definition) is 1. The van der Waals surface area contributed by atoms with Crippen LogP contribution in [0, 0.1) is 6.92 Å². The van der Waals surface area contributed by atoms with E-state index in [0.29, 0.717) is 0 Å². The van der Waals surface area contributed by atoms with Crippen molar-refractivity contribution in [1.29, 1.82) is 0 Å². The van der Waals surface area contributed by atoms with E-state index >= 15 is 0 Å². The highest BCUT2D eigenvalue weighted by molar-refractivity contribution is 5.27. The van der Waals surface area contributed by atoms with E-state index in [0.717, 1.165) is 38.1 Å². The van der Waals surface area contributed by atoms with Gasteiger partial charge >= 0.3 is 0 Å². The average Bonchev–Trinajstić information content (AvgIpc) is 2.31. The first-order chi connectivity index (χ1) is 8.79. The first-order valence-electron chi connectivity index (χ1n) is 7.17. The van der Waals surface area contributed by atoms with E-state index in [1.807, 2.05) is 6.92 Å². The van der Waals surface area contributed by atoms with Gasteiger partial charge in [-0.1, -0.05) is 29.8 Å². The summed E-state index contributed by atoms with van der Waals surface area (Å²) in [6, 6.07) is 9.66. The molecule has 2 rings (SSSR count). The van der Waals surface area contributed by atoms with Crippen LogP contribution in [0.25, 0.3) is 0 Å². The average molecular weight is 247 g/mol. The van der Waals surface area contributed by atoms with E-state index in [9.17, 15) is 0 Å². The van der Waals surface area contributed by atoms with Crippen molar-refractivity contribution in [2.24, 2.45) is 0 Å². The first kappa shape index (κ1) is 13.6. The van der Waals surface area contributed by atoms with E-state index in [1.54, 1.807) is 0 Å². The molecule has 18 heavy (non-hydrogen) atoms. The number of aryl methyl sites for hydroxylation is 1. The maximum absolute atomic E-state index is 5.33. The predicted octanol–water partition coefficient (Wildman–Crippen LogP) is 3.26. The number of hydrogen-bond acceptors (Lipinski definition) is 2. The molecule has 0 aliphatic heterocycles. The third-order valence-electron chi connectivity index (χ3n) is 3.75. The van der Waals surface area contributed by atoms with Crippen LogP contribution in [0.1, 0.15) is 43.2 Å². The summed E-state index contributed by atoms with van der Waals surface area (Å²) in [5.41, 5.74) is 2.89. The van der Waals surface area contributed by atoms with Gasteiger partial charge in [-0.05, 0) is 51.1 Å². The molecule has 0 bridgehead atoms. The lowest BCUT2D eigenvalue weighted by Crippen LogP contribution is -2.40. The van der Waals surface area contributed by atoms with Crippen LogP contribution in [0.15, 0.2) is 24.3 Å². The molecule has 0 saturated heterocycles. The fourth-order valence-electron chi connectivity index (χ4n) is 2.61. The lowest BCUT2D eigenvalue weighted by molar-refractivity contribution is 0.142. The summed E-state index contributed by atoms with van der Waals surface area (Å²) < 4.78 is 5.33. The highest BCUT2D eigenvalue weighted by Gasteiger charge is 2.29. The van der Waals surface area contributed by atoms with Gasteiger partial charge < -0.3 is 10.1 Å². The molecule has 1 aromatic rings. The Morgan fingerprint density at radius 3 is 2.89 bits per heavy atom. The van der Waals surface area contributed by atoms with Crippen LogP contribution in [-0.2, 0) is 4.74 Å². The quantitative estimate of drug-likeness (QED) is 0.747. The molecule has 0 unspecified atom stereocenters. The van der Waals surface area contributed by atoms with Gasteiger partial charge in [0.1, 0.15) is 0 Å². The van der Waals surface area contributed by atoms with E-state index in [-0.39, 0.29) is 0 Å². The SMILES string of the molecule is CCOCCCNC1CC(c2cccc(C)c2)C1. The minimum absolute atomic E-state index is 0.720. The van der Waals surface area contributed by atoms with Gasteiger partial charge in [-0.3, -0.25) is 0 Å². The van der Waals surface area contributed by atoms with Gasteiger partial charge in [-0.2, -0.15) is 0 Å². The molecule has 1 fully saturated rings. The fraction of sp³-hybridized carbons (Fsp3) is 0.625. The standard InChI is InChI=1S/C16H25NO/c1-3-18-9-5-8-17-16-11-15(12-16)14-7-4-6-13(2)10-14/h4,6-7,10,15-17H,3,5,8-9,11-12H2,1-2H3. The largest absolute Gasteiger partial charge is 0.382 e. The van der Waals surface area contributed by atoms with Crippen molar-refractivity contribution in [3.05, 3.63) is 35.4 Å². The van der Waals surface area contributed by atoms with Crippen molar-refractivity contribution >= 4 is 0 Å². The Kier molecular flexibility index (Phi) is 5.21. The Labute approximate surface area is 111 Å². The molecular formula is C16H25NO. The van der Waals surface area contributed by atoms with Crippen molar-refractivity contribution in [3.8, 4) is 0 Å². The van der Waals surface area contributed by atoms with E-state index < -0.39 is 0 Å². The molecule has 0 spiro atoms. The van der Waals surface area contributed by atoms with Gasteiger partial charge in [0.05, 0.1) is 0 Å². The van der Waals surface area contributed by atoms with E-state index in [1.165, 1.54) is 24.0 Å². The molecule has 1 saturated carbocycles. The smallest absolute Gasteiger partial charge is 0.0477 e. The molecule has 1 aromatic carbocycles. The molecule has 1 aliphatic rings. The molecule has 2 heteroatoms. The van der Waals surface area contributed by atoms with Gasteiger partial charge in [0.25, 0.3) is 0 Å². The van der Waals surface area contributed by atoms with Crippen LogP contribution in [0.2, 0.25) is 0 Å². The van der Waals surface area contributed by atoms with Crippen molar-refractivity contribution in [1.82, 2.24) is 5.32 Å². The second-order valence-electron chi connectivity index (χ2n) is 5.28. The van der Waals surface area contributed by atoms with Crippen LogP contribution in [-0.4, -0.2) is 25.8 Å². The summed E-state index contributed by atoms with van der Waals surface area (Å²) in [4.78, 5) is 0. The second-order valence-corrected chi connectivity index (χ2v) is 5.28. The Bertz CT molecular complexity index is 358. The molecule has 100 valence electrons. The molecule has 0 radical (unpaired) electrons. The van der Waals surface area contributed by atoms with Crippen LogP contribution >= 0.6 is 0 Å². The normalized spacial score (nSPS) is 22.8. The zero-order chi connectivity index (χ0) is 12.8. The molecule has 2 nitrogen and oxygen atoms in total. The van der Waals surface area contributed by atoms with Crippen molar-refractivity contribution < 1.29 is 4.74 Å². The Morgan fingerprint density at radius 2 is 2.17 bits per heavy atom. The number of rotatable bonds is 7. The van der Waals surface area contributed by atoms with Gasteiger partial charge in [0.15, 0.2) is 0 Å². The molecule has 0 amide bonds. The van der Waals surface area contributed by atoms with Gasteiger partial charge in [-0.25, -0.2) is 0 Å². The molecular weight excluding hydrogens is 222 g/mol. The number of benzene rings is 1. The second kappa shape index (κ2) is 6.91. The Hall–Kier alpha value is -0.860. The Morgan fingerprint density at radius 1 is 1.33 bits per heavy atom. The van der Waals surface area contributed by atoms with Crippen molar-refractivity contribution in [2.75, 3.05) is 19.8 Å². The number of nitrogens with one attached hydrogen (secondary N) is 1. The van der Waals surface area contributed by atoms with Gasteiger partial charge in [0, 0.05) is 19.3 Å². The highest BCUT2D eigenvalue weighted by Crippen LogP contribution is 2.36. The van der Waals surface area contributed by atoms with Gasteiger partial charge in [0.2, 0.25) is 0 Å². The van der Waals surface area contributed by atoms with Crippen molar-refractivity contribution in [2.45, 2.75) is 45.1 Å². The number of ether oxygens (including phenoxy) is 1. The minimum Gasteiger partial charge on any atom is -0.382 e. The van der Waals surface area contributed by atoms with Crippen LogP contribution in [0.3, 0.4) is 0 Å². The highest BCUT2D eigenvalue weighted by atomic mass is 16.5. The topological polar surface area (TPSA) is 21.3 Å². The molecule has 0 aromatic heterocycles. The summed E-state index contributed by atoms with van der Waals surface area (Å²) in [5, 5.41) is 3.61. The van der Waals surface area contributed by atoms with Crippen molar-refractivity contribution in [3.63, 3.8) is 0 Å². The maximum atomic E-state index is 5.33. The summed E-state index contributed by atoms with van der Waals surface area (Å²) >= 11 is 0. The lowest BCUT2D eigenvalue weighted by atomic mass is 9.75. The first-order valence-corrected chi connectivity index (χ1v) is 7.17. The van der Waals surface area contributed by atoms with Crippen LogP contribution < -0.4 is 5.32 Å². The molecule has 1 aliphatic carbocycles. The molecule has 1 N–H and O–H groups in total. The molecule has 0 atom stereocenters. The zero-order valence-electron chi connectivity index (χ0n) is 11.6. The monoisotopic (exact) mass is 247 g/mol. The van der Waals surface area contributed by atoms with Gasteiger partial charge in [-0.15, -0.1) is 0 Å². The lowest BCUT2D eigenvalue weighted by Gasteiger charge is -2.36. The summed E-state index contributed by atoms with van der Waals surface area (Å²) in [5.74, 6) is 0.772. The third-order valence-corrected chi connectivity index (χ3v) is 3.75. The van der Waals surface area contributed by atoms with Crippen LogP contribution in [0.5, 0.6) is 0 Å². The van der Waals surface area contributed by atoms with Crippen LogP contribution in [0.4, 0.5) is 0 Å². The maximum Gasteiger partial charge on any atom is 0.0477 e. The van der Waals surface area contributed by atoms with E-state index in [2.05, 4.69) is 36.5 Å². The molecule has 0 heterocycles. The fourth-order valence-corrected chi connectivity index (χ4v) is 2.61. The summed E-state index contributed by atoms with van der Waals surface area (Å²) in [7, 11) is 0. The minimum atomic E-state index is 0.720. The Balaban J connectivity index is 1.62.